The van der Waals surface area contributed by atoms with Crippen LogP contribution in [0.4, 0.5) is 5.82 Å². The first-order chi connectivity index (χ1) is 9.49. The van der Waals surface area contributed by atoms with Crippen molar-refractivity contribution in [2.75, 3.05) is 20.0 Å². The smallest absolute Gasteiger partial charge is 0.128 e. The summed E-state index contributed by atoms with van der Waals surface area (Å²) in [6.45, 7) is 4.20. The summed E-state index contributed by atoms with van der Waals surface area (Å²) in [4.78, 5) is 0. The molecule has 0 aliphatic rings. The molecule has 0 amide bonds. The lowest BCUT2D eigenvalue weighted by molar-refractivity contribution is 0.404. The van der Waals surface area contributed by atoms with Crippen LogP contribution in [0.15, 0.2) is 18.2 Å². The summed E-state index contributed by atoms with van der Waals surface area (Å²) >= 11 is 0. The zero-order chi connectivity index (χ0) is 14.9. The molecule has 0 fully saturated rings. The molecular weight excluding hydrogens is 254 g/mol. The quantitative estimate of drug-likeness (QED) is 0.932. The average Bonchev–Trinajstić information content (AvgIpc) is 2.74. The molecule has 0 aliphatic heterocycles. The number of anilines is 1. The van der Waals surface area contributed by atoms with E-state index in [1.54, 1.807) is 18.9 Å². The van der Waals surface area contributed by atoms with Crippen molar-refractivity contribution < 1.29 is 9.47 Å². The molecule has 0 unspecified atom stereocenters. The van der Waals surface area contributed by atoms with Crippen LogP contribution in [-0.4, -0.2) is 24.0 Å². The van der Waals surface area contributed by atoms with Crippen LogP contribution in [0.25, 0.3) is 11.3 Å². The van der Waals surface area contributed by atoms with Gasteiger partial charge in [0.2, 0.25) is 0 Å². The molecule has 1 aromatic heterocycles. The maximum Gasteiger partial charge on any atom is 0.128 e. The first-order valence-corrected chi connectivity index (χ1v) is 6.54. The number of nitrogen functional groups attached to an aromatic ring is 1. The Labute approximate surface area is 119 Å². The highest BCUT2D eigenvalue weighted by molar-refractivity contribution is 5.75. The third-order valence-electron chi connectivity index (χ3n) is 3.37. The van der Waals surface area contributed by atoms with Crippen LogP contribution in [0.5, 0.6) is 11.5 Å². The molecule has 20 heavy (non-hydrogen) atoms. The molecule has 0 spiro atoms. The predicted octanol–water partition coefficient (Wildman–Crippen LogP) is 2.81. The van der Waals surface area contributed by atoms with Gasteiger partial charge in [-0.3, -0.25) is 4.68 Å². The Morgan fingerprint density at radius 3 is 2.45 bits per heavy atom. The van der Waals surface area contributed by atoms with Gasteiger partial charge in [-0.1, -0.05) is 13.8 Å². The van der Waals surface area contributed by atoms with E-state index >= 15 is 0 Å². The van der Waals surface area contributed by atoms with Crippen LogP contribution in [0.1, 0.15) is 25.3 Å². The summed E-state index contributed by atoms with van der Waals surface area (Å²) in [6.07, 6.45) is 0. The minimum absolute atomic E-state index is 0.273. The highest BCUT2D eigenvalue weighted by atomic mass is 16.5. The molecule has 2 aromatic rings. The monoisotopic (exact) mass is 275 g/mol. The molecule has 2 rings (SSSR count). The number of hydrogen-bond donors (Lipinski definition) is 1. The van der Waals surface area contributed by atoms with Gasteiger partial charge in [-0.05, 0) is 24.1 Å². The van der Waals surface area contributed by atoms with E-state index in [1.165, 1.54) is 0 Å². The second-order valence-corrected chi connectivity index (χ2v) is 4.99. The van der Waals surface area contributed by atoms with Crippen LogP contribution in [0, 0.1) is 0 Å². The van der Waals surface area contributed by atoms with Gasteiger partial charge in [0, 0.05) is 18.2 Å². The zero-order valence-corrected chi connectivity index (χ0v) is 12.6. The number of rotatable bonds is 4. The third kappa shape index (κ3) is 2.31. The van der Waals surface area contributed by atoms with Crippen LogP contribution >= 0.6 is 0 Å². The number of benzene rings is 1. The fourth-order valence-corrected chi connectivity index (χ4v) is 2.32. The molecule has 0 aliphatic carbocycles. The number of hydrogen-bond acceptors (Lipinski definition) is 4. The molecular formula is C15H21N3O2. The SMILES string of the molecule is COc1ccc(OC)c(-c2nn(C)c(N)c2C(C)C)c1. The Hall–Kier alpha value is -2.17. The van der Waals surface area contributed by atoms with Gasteiger partial charge >= 0.3 is 0 Å². The van der Waals surface area contributed by atoms with Gasteiger partial charge in [0.25, 0.3) is 0 Å². The Morgan fingerprint density at radius 1 is 1.20 bits per heavy atom. The Kier molecular flexibility index (Phi) is 3.88. The van der Waals surface area contributed by atoms with Crippen molar-refractivity contribution in [2.45, 2.75) is 19.8 Å². The highest BCUT2D eigenvalue weighted by Crippen LogP contribution is 2.39. The number of nitrogens with two attached hydrogens (primary N) is 1. The predicted molar refractivity (Wildman–Crippen MR) is 80.2 cm³/mol. The van der Waals surface area contributed by atoms with E-state index in [0.717, 1.165) is 28.3 Å². The summed E-state index contributed by atoms with van der Waals surface area (Å²) in [7, 11) is 5.13. The third-order valence-corrected chi connectivity index (χ3v) is 3.37. The molecule has 0 bridgehead atoms. The van der Waals surface area contributed by atoms with Crippen molar-refractivity contribution in [3.05, 3.63) is 23.8 Å². The topological polar surface area (TPSA) is 62.3 Å². The molecule has 1 heterocycles. The van der Waals surface area contributed by atoms with Crippen molar-refractivity contribution in [3.63, 3.8) is 0 Å². The van der Waals surface area contributed by atoms with Crippen molar-refractivity contribution in [1.82, 2.24) is 9.78 Å². The van der Waals surface area contributed by atoms with E-state index in [9.17, 15) is 0 Å². The molecule has 0 saturated carbocycles. The van der Waals surface area contributed by atoms with Crippen molar-refractivity contribution in [2.24, 2.45) is 7.05 Å². The van der Waals surface area contributed by atoms with E-state index in [0.29, 0.717) is 5.82 Å². The first-order valence-electron chi connectivity index (χ1n) is 6.54. The van der Waals surface area contributed by atoms with Crippen LogP contribution in [0.3, 0.4) is 0 Å². The van der Waals surface area contributed by atoms with E-state index in [1.807, 2.05) is 25.2 Å². The normalized spacial score (nSPS) is 10.9. The van der Waals surface area contributed by atoms with E-state index < -0.39 is 0 Å². The molecule has 0 atom stereocenters. The summed E-state index contributed by atoms with van der Waals surface area (Å²) in [5.41, 5.74) is 8.89. The first kappa shape index (κ1) is 14.2. The number of aromatic nitrogens is 2. The van der Waals surface area contributed by atoms with Gasteiger partial charge in [0.1, 0.15) is 23.0 Å². The molecule has 0 radical (unpaired) electrons. The van der Waals surface area contributed by atoms with Gasteiger partial charge in [-0.15, -0.1) is 0 Å². The molecule has 5 nitrogen and oxygen atoms in total. The molecule has 108 valence electrons. The van der Waals surface area contributed by atoms with Crippen molar-refractivity contribution in [3.8, 4) is 22.8 Å². The standard InChI is InChI=1S/C15H21N3O2/c1-9(2)13-14(17-18(3)15(13)16)11-8-10(19-4)6-7-12(11)20-5/h6-9H,16H2,1-5H3. The average molecular weight is 275 g/mol. The number of aryl methyl sites for hydroxylation is 1. The van der Waals surface area contributed by atoms with E-state index in [2.05, 4.69) is 18.9 Å². The van der Waals surface area contributed by atoms with Crippen molar-refractivity contribution in [1.29, 1.82) is 0 Å². The summed E-state index contributed by atoms with van der Waals surface area (Å²) in [5.74, 6) is 2.47. The second kappa shape index (κ2) is 5.45. The maximum absolute atomic E-state index is 6.13. The lowest BCUT2D eigenvalue weighted by Gasteiger charge is -2.12. The lowest BCUT2D eigenvalue weighted by atomic mass is 9.98. The maximum atomic E-state index is 6.13. The van der Waals surface area contributed by atoms with Gasteiger partial charge in [0.15, 0.2) is 0 Å². The molecule has 5 heteroatoms. The van der Waals surface area contributed by atoms with Gasteiger partial charge < -0.3 is 15.2 Å². The Bertz CT molecular complexity index is 618. The minimum Gasteiger partial charge on any atom is -0.497 e. The van der Waals surface area contributed by atoms with E-state index in [4.69, 9.17) is 15.2 Å². The number of ether oxygens (including phenoxy) is 2. The zero-order valence-electron chi connectivity index (χ0n) is 12.6. The fraction of sp³-hybridized carbons (Fsp3) is 0.400. The Morgan fingerprint density at radius 2 is 1.90 bits per heavy atom. The van der Waals surface area contributed by atoms with Crippen LogP contribution < -0.4 is 15.2 Å². The van der Waals surface area contributed by atoms with Gasteiger partial charge in [0.05, 0.1) is 14.2 Å². The largest absolute Gasteiger partial charge is 0.497 e. The van der Waals surface area contributed by atoms with Crippen LogP contribution in [0.2, 0.25) is 0 Å². The van der Waals surface area contributed by atoms with Gasteiger partial charge in [-0.25, -0.2) is 0 Å². The van der Waals surface area contributed by atoms with E-state index in [-0.39, 0.29) is 5.92 Å². The fourth-order valence-electron chi connectivity index (χ4n) is 2.32. The Balaban J connectivity index is 2.70. The van der Waals surface area contributed by atoms with Crippen LogP contribution in [-0.2, 0) is 7.05 Å². The summed E-state index contributed by atoms with van der Waals surface area (Å²) < 4.78 is 12.4. The molecule has 1 aromatic carbocycles. The minimum atomic E-state index is 0.273. The van der Waals surface area contributed by atoms with Gasteiger partial charge in [-0.2, -0.15) is 5.10 Å². The number of nitrogens with zero attached hydrogens (tertiary/aromatic N) is 2. The summed E-state index contributed by atoms with van der Waals surface area (Å²) in [6, 6.07) is 5.67. The highest BCUT2D eigenvalue weighted by Gasteiger charge is 2.21. The lowest BCUT2D eigenvalue weighted by Crippen LogP contribution is -2.00. The molecule has 0 saturated heterocycles. The second-order valence-electron chi connectivity index (χ2n) is 4.99. The molecule has 2 N–H and O–H groups in total. The summed E-state index contributed by atoms with van der Waals surface area (Å²) in [5, 5.41) is 4.54. The number of methoxy groups -OCH3 is 2. The van der Waals surface area contributed by atoms with Crippen molar-refractivity contribution >= 4 is 5.82 Å².